The van der Waals surface area contributed by atoms with Crippen LogP contribution in [0.5, 0.6) is 0 Å². The lowest BCUT2D eigenvalue weighted by molar-refractivity contribution is 0.102. The molecule has 0 unspecified atom stereocenters. The van der Waals surface area contributed by atoms with E-state index in [0.717, 1.165) is 29.5 Å². The van der Waals surface area contributed by atoms with E-state index < -0.39 is 0 Å². The molecule has 3 aromatic carbocycles. The van der Waals surface area contributed by atoms with Crippen molar-refractivity contribution in [1.29, 1.82) is 0 Å². The zero-order valence-electron chi connectivity index (χ0n) is 18.6. The van der Waals surface area contributed by atoms with Crippen LogP contribution in [0.15, 0.2) is 72.8 Å². The standard InChI is InChI=1S/C29H30N2O/c1-2-18-8-6-7-11-24(18)31-29(32)22-14-15-25-23(17-22)26-20-12-13-21(16-20)27(26)28(30-25)19-9-4-3-5-10-19/h3-11,14-15,17,20-21,26-28,30H,2,12-13,16H2,1H3,(H,31,32)/t20-,21-,26-,27-,28+/m0/s1. The predicted octanol–water partition coefficient (Wildman–Crippen LogP) is 6.80. The number of aryl methyl sites for hydroxylation is 1. The number of hydrogen-bond acceptors (Lipinski definition) is 2. The van der Waals surface area contributed by atoms with Crippen LogP contribution in [0.25, 0.3) is 0 Å². The molecule has 2 aliphatic carbocycles. The molecule has 2 fully saturated rings. The first kappa shape index (κ1) is 19.6. The van der Waals surface area contributed by atoms with Gasteiger partial charge in [-0.2, -0.15) is 0 Å². The second kappa shape index (κ2) is 7.81. The summed E-state index contributed by atoms with van der Waals surface area (Å²) in [4.78, 5) is 13.2. The molecular formula is C29H30N2O. The Morgan fingerprint density at radius 1 is 0.969 bits per heavy atom. The summed E-state index contributed by atoms with van der Waals surface area (Å²) >= 11 is 0. The molecule has 3 aromatic rings. The highest BCUT2D eigenvalue weighted by atomic mass is 16.1. The van der Waals surface area contributed by atoms with Crippen molar-refractivity contribution in [2.45, 2.75) is 44.6 Å². The molecule has 2 bridgehead atoms. The van der Waals surface area contributed by atoms with Crippen molar-refractivity contribution in [2.75, 3.05) is 10.6 Å². The third-order valence-electron chi connectivity index (χ3n) is 8.15. The van der Waals surface area contributed by atoms with E-state index >= 15 is 0 Å². The van der Waals surface area contributed by atoms with Gasteiger partial charge in [-0.3, -0.25) is 4.79 Å². The Bertz CT molecular complexity index is 1150. The molecule has 5 atom stereocenters. The number of hydrogen-bond donors (Lipinski definition) is 2. The molecule has 2 N–H and O–H groups in total. The van der Waals surface area contributed by atoms with E-state index in [9.17, 15) is 4.79 Å². The van der Waals surface area contributed by atoms with E-state index in [-0.39, 0.29) is 5.91 Å². The number of para-hydroxylation sites is 1. The smallest absolute Gasteiger partial charge is 0.255 e. The Morgan fingerprint density at radius 3 is 2.59 bits per heavy atom. The molecular weight excluding hydrogens is 392 g/mol. The number of carbonyl (C=O) groups excluding carboxylic acids is 1. The minimum atomic E-state index is -0.0152. The van der Waals surface area contributed by atoms with Crippen LogP contribution < -0.4 is 10.6 Å². The summed E-state index contributed by atoms with van der Waals surface area (Å²) in [5.41, 5.74) is 6.79. The lowest BCUT2D eigenvalue weighted by Gasteiger charge is -2.43. The lowest BCUT2D eigenvalue weighted by atomic mass is 9.68. The van der Waals surface area contributed by atoms with Gasteiger partial charge in [0.2, 0.25) is 0 Å². The second-order valence-corrected chi connectivity index (χ2v) is 9.74. The minimum absolute atomic E-state index is 0.0152. The van der Waals surface area contributed by atoms with Gasteiger partial charge in [-0.05, 0) is 90.3 Å². The largest absolute Gasteiger partial charge is 0.378 e. The van der Waals surface area contributed by atoms with Gasteiger partial charge in [0.15, 0.2) is 0 Å². The SMILES string of the molecule is CCc1ccccc1NC(=O)c1ccc2c(c1)[C@@H]1[C@H]3CC[C@@H](C3)[C@@H]1[C@@H](c1ccccc1)N2. The summed E-state index contributed by atoms with van der Waals surface area (Å²) in [5.74, 6) is 2.67. The maximum Gasteiger partial charge on any atom is 0.255 e. The average molecular weight is 423 g/mol. The average Bonchev–Trinajstić information content (AvgIpc) is 3.47. The zero-order chi connectivity index (χ0) is 21.7. The first-order valence-corrected chi connectivity index (χ1v) is 12.1. The maximum absolute atomic E-state index is 13.2. The number of anilines is 2. The molecule has 2 saturated carbocycles. The Morgan fingerprint density at radius 2 is 1.75 bits per heavy atom. The summed E-state index contributed by atoms with van der Waals surface area (Å²) in [6.45, 7) is 2.12. The Hall–Kier alpha value is -3.07. The van der Waals surface area contributed by atoms with Gasteiger partial charge in [-0.1, -0.05) is 55.5 Å². The molecule has 1 amide bonds. The second-order valence-electron chi connectivity index (χ2n) is 9.74. The molecule has 6 rings (SSSR count). The first-order chi connectivity index (χ1) is 15.7. The van der Waals surface area contributed by atoms with Crippen LogP contribution >= 0.6 is 0 Å². The summed E-state index contributed by atoms with van der Waals surface area (Å²) in [6.07, 6.45) is 4.91. The minimum Gasteiger partial charge on any atom is -0.378 e. The van der Waals surface area contributed by atoms with Gasteiger partial charge in [0.05, 0.1) is 6.04 Å². The van der Waals surface area contributed by atoms with Gasteiger partial charge in [0.1, 0.15) is 0 Å². The number of rotatable bonds is 4. The fourth-order valence-electron chi connectivity index (χ4n) is 6.76. The molecule has 3 aliphatic rings. The lowest BCUT2D eigenvalue weighted by Crippen LogP contribution is -2.35. The van der Waals surface area contributed by atoms with Crippen LogP contribution in [0.2, 0.25) is 0 Å². The van der Waals surface area contributed by atoms with Crippen molar-refractivity contribution < 1.29 is 4.79 Å². The quantitative estimate of drug-likeness (QED) is 0.485. The number of benzene rings is 3. The Labute approximate surface area is 190 Å². The molecule has 1 aliphatic heterocycles. The van der Waals surface area contributed by atoms with E-state index in [1.807, 2.05) is 24.3 Å². The molecule has 0 spiro atoms. The number of fused-ring (bicyclic) bond motifs is 7. The third-order valence-corrected chi connectivity index (χ3v) is 8.15. The van der Waals surface area contributed by atoms with Crippen LogP contribution in [0.4, 0.5) is 11.4 Å². The van der Waals surface area contributed by atoms with Crippen molar-refractivity contribution >= 4 is 17.3 Å². The third kappa shape index (κ3) is 3.14. The fourth-order valence-corrected chi connectivity index (χ4v) is 6.76. The predicted molar refractivity (Wildman–Crippen MR) is 130 cm³/mol. The van der Waals surface area contributed by atoms with Crippen molar-refractivity contribution in [1.82, 2.24) is 0 Å². The van der Waals surface area contributed by atoms with Crippen LogP contribution in [0.1, 0.15) is 65.2 Å². The van der Waals surface area contributed by atoms with Crippen LogP contribution in [0.3, 0.4) is 0 Å². The topological polar surface area (TPSA) is 41.1 Å². The normalized spacial score (nSPS) is 27.3. The molecule has 1 heterocycles. The molecule has 3 nitrogen and oxygen atoms in total. The Kier molecular flexibility index (Phi) is 4.78. The van der Waals surface area contributed by atoms with Gasteiger partial charge in [-0.25, -0.2) is 0 Å². The van der Waals surface area contributed by atoms with E-state index in [4.69, 9.17) is 0 Å². The highest BCUT2D eigenvalue weighted by molar-refractivity contribution is 6.05. The first-order valence-electron chi connectivity index (χ1n) is 12.1. The van der Waals surface area contributed by atoms with E-state index in [2.05, 4.69) is 66.1 Å². The summed E-state index contributed by atoms with van der Waals surface area (Å²) < 4.78 is 0. The van der Waals surface area contributed by atoms with Gasteiger partial charge in [-0.15, -0.1) is 0 Å². The fraction of sp³-hybridized carbons (Fsp3) is 0.345. The molecule has 0 radical (unpaired) electrons. The van der Waals surface area contributed by atoms with Gasteiger partial charge < -0.3 is 10.6 Å². The Balaban J connectivity index is 1.35. The van der Waals surface area contributed by atoms with Crippen molar-refractivity contribution in [3.05, 3.63) is 95.1 Å². The highest BCUT2D eigenvalue weighted by Gasteiger charge is 2.53. The molecule has 32 heavy (non-hydrogen) atoms. The van der Waals surface area contributed by atoms with Crippen LogP contribution in [-0.4, -0.2) is 5.91 Å². The molecule has 3 heteroatoms. The molecule has 0 saturated heterocycles. The van der Waals surface area contributed by atoms with E-state index in [1.54, 1.807) is 0 Å². The van der Waals surface area contributed by atoms with Gasteiger partial charge in [0, 0.05) is 16.9 Å². The van der Waals surface area contributed by atoms with E-state index in [1.165, 1.54) is 41.6 Å². The number of nitrogens with one attached hydrogen (secondary N) is 2. The molecule has 0 aromatic heterocycles. The summed E-state index contributed by atoms with van der Waals surface area (Å²) in [6, 6.07) is 25.6. The highest BCUT2D eigenvalue weighted by Crippen LogP contribution is 2.63. The van der Waals surface area contributed by atoms with Crippen molar-refractivity contribution in [3.63, 3.8) is 0 Å². The van der Waals surface area contributed by atoms with Crippen LogP contribution in [-0.2, 0) is 6.42 Å². The monoisotopic (exact) mass is 422 g/mol. The van der Waals surface area contributed by atoms with Gasteiger partial charge >= 0.3 is 0 Å². The summed E-state index contributed by atoms with van der Waals surface area (Å²) in [7, 11) is 0. The van der Waals surface area contributed by atoms with Crippen LogP contribution in [0, 0.1) is 17.8 Å². The maximum atomic E-state index is 13.2. The van der Waals surface area contributed by atoms with Crippen molar-refractivity contribution in [2.24, 2.45) is 17.8 Å². The zero-order valence-corrected chi connectivity index (χ0v) is 18.6. The van der Waals surface area contributed by atoms with Crippen molar-refractivity contribution in [3.8, 4) is 0 Å². The molecule has 162 valence electrons. The number of amides is 1. The van der Waals surface area contributed by atoms with Gasteiger partial charge in [0.25, 0.3) is 5.91 Å². The number of carbonyl (C=O) groups is 1. The van der Waals surface area contributed by atoms with E-state index in [0.29, 0.717) is 17.9 Å². The summed E-state index contributed by atoms with van der Waals surface area (Å²) in [5, 5.41) is 7.03.